The zero-order valence-corrected chi connectivity index (χ0v) is 7.16. The van der Waals surface area contributed by atoms with E-state index in [-0.39, 0.29) is 0 Å². The molecule has 70 valence electrons. The van der Waals surface area contributed by atoms with E-state index in [0.717, 1.165) is 18.2 Å². The average molecular weight is 180 g/mol. The number of rotatable bonds is 5. The summed E-state index contributed by atoms with van der Waals surface area (Å²) in [6, 6.07) is 1.97. The van der Waals surface area contributed by atoms with Crippen molar-refractivity contribution in [2.75, 3.05) is 6.54 Å². The predicted molar refractivity (Wildman–Crippen MR) is 49.3 cm³/mol. The monoisotopic (exact) mass is 180 g/mol. The van der Waals surface area contributed by atoms with Gasteiger partial charge in [0.15, 0.2) is 0 Å². The van der Waals surface area contributed by atoms with Crippen LogP contribution in [-0.4, -0.2) is 22.6 Å². The minimum Gasteiger partial charge on any atom is -0.478 e. The molecule has 4 heteroatoms. The molecule has 3 N–H and O–H groups in total. The fourth-order valence-corrected chi connectivity index (χ4v) is 0.928. The van der Waals surface area contributed by atoms with E-state index >= 15 is 0 Å². The molecule has 1 rings (SSSR count). The van der Waals surface area contributed by atoms with E-state index in [4.69, 9.17) is 5.11 Å². The Balaban J connectivity index is 2.12. The molecule has 0 fully saturated rings. The smallest absolute Gasteiger partial charge is 0.328 e. The second kappa shape index (κ2) is 5.16. The molecule has 0 bridgehead atoms. The molecule has 0 aromatic carbocycles. The largest absolute Gasteiger partial charge is 0.478 e. The fraction of sp³-hybridized carbons (Fsp3) is 0.222. The van der Waals surface area contributed by atoms with Gasteiger partial charge in [-0.15, -0.1) is 0 Å². The van der Waals surface area contributed by atoms with Crippen LogP contribution in [0.4, 0.5) is 0 Å². The second-order valence-corrected chi connectivity index (χ2v) is 2.59. The van der Waals surface area contributed by atoms with Crippen LogP contribution in [0.1, 0.15) is 5.56 Å². The Hall–Kier alpha value is -1.55. The summed E-state index contributed by atoms with van der Waals surface area (Å²) in [5.41, 5.74) is 1.16. The number of aromatic nitrogens is 1. The normalized spacial score (nSPS) is 10.8. The van der Waals surface area contributed by atoms with Gasteiger partial charge in [-0.2, -0.15) is 0 Å². The first-order chi connectivity index (χ1) is 6.29. The average Bonchev–Trinajstić information content (AvgIpc) is 2.55. The van der Waals surface area contributed by atoms with Gasteiger partial charge in [-0.25, -0.2) is 4.79 Å². The Morgan fingerprint density at radius 3 is 3.15 bits per heavy atom. The highest BCUT2D eigenvalue weighted by molar-refractivity contribution is 5.79. The maximum atomic E-state index is 10.1. The van der Waals surface area contributed by atoms with Crippen molar-refractivity contribution in [3.05, 3.63) is 36.2 Å². The highest BCUT2D eigenvalue weighted by Gasteiger charge is 1.89. The number of aromatic amines is 1. The predicted octanol–water partition coefficient (Wildman–Crippen LogP) is 0.745. The molecule has 0 atom stereocenters. The summed E-state index contributed by atoms with van der Waals surface area (Å²) in [6.45, 7) is 1.31. The topological polar surface area (TPSA) is 65.1 Å². The summed E-state index contributed by atoms with van der Waals surface area (Å²) in [7, 11) is 0. The molecule has 0 aliphatic heterocycles. The zero-order chi connectivity index (χ0) is 9.52. The van der Waals surface area contributed by atoms with E-state index in [2.05, 4.69) is 10.3 Å². The minimum absolute atomic E-state index is 0.567. The summed E-state index contributed by atoms with van der Waals surface area (Å²) in [5.74, 6) is -0.913. The van der Waals surface area contributed by atoms with Crippen LogP contribution >= 0.6 is 0 Å². The Labute approximate surface area is 76.3 Å². The summed E-state index contributed by atoms with van der Waals surface area (Å²) < 4.78 is 0. The molecule has 0 unspecified atom stereocenters. The molecule has 0 aliphatic carbocycles. The van der Waals surface area contributed by atoms with Crippen molar-refractivity contribution in [1.29, 1.82) is 0 Å². The summed E-state index contributed by atoms with van der Waals surface area (Å²) >= 11 is 0. The van der Waals surface area contributed by atoms with Crippen molar-refractivity contribution in [1.82, 2.24) is 10.3 Å². The molecule has 0 radical (unpaired) electrons. The van der Waals surface area contributed by atoms with Gasteiger partial charge in [-0.3, -0.25) is 0 Å². The van der Waals surface area contributed by atoms with Crippen molar-refractivity contribution in [2.24, 2.45) is 0 Å². The van der Waals surface area contributed by atoms with Crippen molar-refractivity contribution in [3.63, 3.8) is 0 Å². The van der Waals surface area contributed by atoms with Crippen LogP contribution in [0.2, 0.25) is 0 Å². The molecular formula is C9H12N2O2. The zero-order valence-electron chi connectivity index (χ0n) is 7.16. The Morgan fingerprint density at radius 1 is 1.69 bits per heavy atom. The lowest BCUT2D eigenvalue weighted by molar-refractivity contribution is -0.131. The summed E-state index contributed by atoms with van der Waals surface area (Å²) in [5, 5.41) is 11.4. The van der Waals surface area contributed by atoms with Crippen molar-refractivity contribution in [2.45, 2.75) is 6.54 Å². The first-order valence-corrected chi connectivity index (χ1v) is 4.01. The SMILES string of the molecule is O=C(O)/C=C/CNCc1cc[nH]c1. The van der Waals surface area contributed by atoms with Crippen molar-refractivity contribution in [3.8, 4) is 0 Å². The van der Waals surface area contributed by atoms with Gasteiger partial charge < -0.3 is 15.4 Å². The maximum Gasteiger partial charge on any atom is 0.328 e. The molecule has 1 heterocycles. The standard InChI is InChI=1S/C9H12N2O2/c12-9(13)2-1-4-10-6-8-3-5-11-7-8/h1-3,5,7,10-11H,4,6H2,(H,12,13)/b2-1+. The highest BCUT2D eigenvalue weighted by atomic mass is 16.4. The Bertz CT molecular complexity index is 278. The van der Waals surface area contributed by atoms with Gasteiger partial charge in [-0.1, -0.05) is 6.08 Å². The van der Waals surface area contributed by atoms with E-state index in [1.165, 1.54) is 0 Å². The lowest BCUT2D eigenvalue weighted by Crippen LogP contribution is -2.12. The molecule has 0 saturated heterocycles. The van der Waals surface area contributed by atoms with Crippen LogP contribution in [0.25, 0.3) is 0 Å². The van der Waals surface area contributed by atoms with Gasteiger partial charge in [0.25, 0.3) is 0 Å². The van der Waals surface area contributed by atoms with Gasteiger partial charge in [0, 0.05) is 31.6 Å². The second-order valence-electron chi connectivity index (χ2n) is 2.59. The third-order valence-electron chi connectivity index (χ3n) is 1.51. The maximum absolute atomic E-state index is 10.1. The van der Waals surface area contributed by atoms with E-state index < -0.39 is 5.97 Å². The molecule has 4 nitrogen and oxygen atoms in total. The lowest BCUT2D eigenvalue weighted by Gasteiger charge is -1.96. The van der Waals surface area contributed by atoms with E-state index in [9.17, 15) is 4.79 Å². The van der Waals surface area contributed by atoms with Crippen LogP contribution in [0.5, 0.6) is 0 Å². The van der Waals surface area contributed by atoms with Gasteiger partial charge in [0.05, 0.1) is 0 Å². The van der Waals surface area contributed by atoms with Crippen LogP contribution in [0.3, 0.4) is 0 Å². The van der Waals surface area contributed by atoms with Crippen LogP contribution < -0.4 is 5.32 Å². The highest BCUT2D eigenvalue weighted by Crippen LogP contribution is 1.93. The molecule has 1 aromatic rings. The Kier molecular flexibility index (Phi) is 3.78. The third-order valence-corrected chi connectivity index (χ3v) is 1.51. The van der Waals surface area contributed by atoms with E-state index in [1.807, 2.05) is 18.5 Å². The lowest BCUT2D eigenvalue weighted by atomic mass is 10.3. The number of carboxylic acids is 1. The van der Waals surface area contributed by atoms with E-state index in [0.29, 0.717) is 6.54 Å². The molecule has 1 aromatic heterocycles. The number of H-pyrrole nitrogens is 1. The number of carboxylic acid groups (broad SMARTS) is 1. The van der Waals surface area contributed by atoms with Gasteiger partial charge in [0.1, 0.15) is 0 Å². The molecule has 0 aliphatic rings. The number of nitrogens with one attached hydrogen (secondary N) is 2. The number of carbonyl (C=O) groups is 1. The number of hydrogen-bond donors (Lipinski definition) is 3. The van der Waals surface area contributed by atoms with Crippen LogP contribution in [-0.2, 0) is 11.3 Å². The number of hydrogen-bond acceptors (Lipinski definition) is 2. The fourth-order valence-electron chi connectivity index (χ4n) is 0.928. The van der Waals surface area contributed by atoms with Gasteiger partial charge in [0.2, 0.25) is 0 Å². The van der Waals surface area contributed by atoms with Crippen molar-refractivity contribution < 1.29 is 9.90 Å². The molecule has 0 amide bonds. The quantitative estimate of drug-likeness (QED) is 0.462. The Morgan fingerprint density at radius 2 is 2.54 bits per heavy atom. The molecular weight excluding hydrogens is 168 g/mol. The first kappa shape index (κ1) is 9.54. The molecule has 13 heavy (non-hydrogen) atoms. The van der Waals surface area contributed by atoms with Crippen LogP contribution in [0, 0.1) is 0 Å². The van der Waals surface area contributed by atoms with Gasteiger partial charge >= 0.3 is 5.97 Å². The number of aliphatic carboxylic acids is 1. The molecule has 0 saturated carbocycles. The third kappa shape index (κ3) is 4.12. The first-order valence-electron chi connectivity index (χ1n) is 4.01. The molecule has 0 spiro atoms. The summed E-state index contributed by atoms with van der Waals surface area (Å²) in [6.07, 6.45) is 6.46. The minimum atomic E-state index is -0.913. The van der Waals surface area contributed by atoms with Crippen molar-refractivity contribution >= 4 is 5.97 Å². The van der Waals surface area contributed by atoms with Gasteiger partial charge in [-0.05, 0) is 11.6 Å². The summed E-state index contributed by atoms with van der Waals surface area (Å²) in [4.78, 5) is 13.0. The van der Waals surface area contributed by atoms with Crippen LogP contribution in [0.15, 0.2) is 30.6 Å². The van der Waals surface area contributed by atoms with E-state index in [1.54, 1.807) is 6.08 Å².